The minimum atomic E-state index is 0.541. The van der Waals surface area contributed by atoms with Gasteiger partial charge in [-0.25, -0.2) is 0 Å². The van der Waals surface area contributed by atoms with Crippen molar-refractivity contribution in [3.63, 3.8) is 0 Å². The summed E-state index contributed by atoms with van der Waals surface area (Å²) in [5, 5.41) is 7.65. The van der Waals surface area contributed by atoms with E-state index in [1.165, 1.54) is 0 Å². The molecule has 0 saturated heterocycles. The number of fused-ring (bicyclic) bond motifs is 1. The number of nitrogens with two attached hydrogens (primary N) is 1. The summed E-state index contributed by atoms with van der Waals surface area (Å²) in [6, 6.07) is 0. The summed E-state index contributed by atoms with van der Waals surface area (Å²) < 4.78 is 0. The van der Waals surface area contributed by atoms with Gasteiger partial charge in [0.05, 0.1) is 5.71 Å². The smallest absolute Gasteiger partial charge is 0.155 e. The third-order valence-corrected chi connectivity index (χ3v) is 1.58. The summed E-state index contributed by atoms with van der Waals surface area (Å²) in [5.74, 6) is 0.541. The molecule has 0 aromatic carbocycles. The maximum atomic E-state index is 5.52. The Labute approximate surface area is 58.6 Å². The molecule has 0 amide bonds. The quantitative estimate of drug-likeness (QED) is 0.516. The average molecular weight is 133 g/mol. The van der Waals surface area contributed by atoms with Gasteiger partial charge in [-0.1, -0.05) is 12.2 Å². The molecule has 0 spiro atoms. The lowest BCUT2D eigenvalue weighted by molar-refractivity contribution is 1.24. The van der Waals surface area contributed by atoms with Crippen molar-refractivity contribution < 1.29 is 0 Å². The Morgan fingerprint density at radius 3 is 3.10 bits per heavy atom. The molecule has 0 fully saturated rings. The first-order chi connectivity index (χ1) is 4.88. The van der Waals surface area contributed by atoms with Crippen molar-refractivity contribution in [1.29, 1.82) is 0 Å². The molecule has 0 saturated carbocycles. The van der Waals surface area contributed by atoms with Crippen LogP contribution in [0.25, 0.3) is 0 Å². The van der Waals surface area contributed by atoms with Crippen LogP contribution in [-0.2, 0) is 0 Å². The summed E-state index contributed by atoms with van der Waals surface area (Å²) in [6.45, 7) is 0. The highest BCUT2D eigenvalue weighted by Gasteiger charge is 2.16. The maximum absolute atomic E-state index is 5.52. The van der Waals surface area contributed by atoms with Crippen molar-refractivity contribution >= 4 is 11.5 Å². The fourth-order valence-corrected chi connectivity index (χ4v) is 1.05. The molecule has 2 aliphatic rings. The van der Waals surface area contributed by atoms with Gasteiger partial charge in [0.2, 0.25) is 0 Å². The van der Waals surface area contributed by atoms with Gasteiger partial charge in [-0.15, -0.1) is 5.10 Å². The van der Waals surface area contributed by atoms with E-state index in [0.717, 1.165) is 17.7 Å². The average Bonchev–Trinajstić information content (AvgIpc) is 2.34. The van der Waals surface area contributed by atoms with E-state index in [4.69, 9.17) is 5.73 Å². The minimum Gasteiger partial charge on any atom is -0.382 e. The zero-order chi connectivity index (χ0) is 6.97. The van der Waals surface area contributed by atoms with E-state index in [1.54, 1.807) is 0 Å². The lowest BCUT2D eigenvalue weighted by atomic mass is 10.0. The van der Waals surface area contributed by atoms with E-state index < -0.39 is 0 Å². The van der Waals surface area contributed by atoms with Gasteiger partial charge < -0.3 is 5.73 Å². The van der Waals surface area contributed by atoms with Crippen LogP contribution in [0.4, 0.5) is 0 Å². The molecule has 10 heavy (non-hydrogen) atoms. The van der Waals surface area contributed by atoms with Gasteiger partial charge in [-0.05, 0) is 6.08 Å². The molecule has 0 aromatic rings. The molecule has 3 heteroatoms. The molecule has 1 aliphatic carbocycles. The van der Waals surface area contributed by atoms with Gasteiger partial charge in [0, 0.05) is 12.0 Å². The summed E-state index contributed by atoms with van der Waals surface area (Å²) in [4.78, 5) is 0. The zero-order valence-corrected chi connectivity index (χ0v) is 5.41. The highest BCUT2D eigenvalue weighted by atomic mass is 15.3. The number of rotatable bonds is 0. The van der Waals surface area contributed by atoms with Crippen molar-refractivity contribution in [2.24, 2.45) is 15.9 Å². The van der Waals surface area contributed by atoms with Crippen LogP contribution >= 0.6 is 0 Å². The molecule has 3 nitrogen and oxygen atoms in total. The Morgan fingerprint density at radius 1 is 1.40 bits per heavy atom. The van der Waals surface area contributed by atoms with Crippen LogP contribution in [0, 0.1) is 0 Å². The third-order valence-electron chi connectivity index (χ3n) is 1.58. The summed E-state index contributed by atoms with van der Waals surface area (Å²) in [7, 11) is 0. The minimum absolute atomic E-state index is 0.541. The molecule has 2 rings (SSSR count). The van der Waals surface area contributed by atoms with Crippen LogP contribution in [0.3, 0.4) is 0 Å². The van der Waals surface area contributed by atoms with Crippen LogP contribution in [0.15, 0.2) is 34.0 Å². The van der Waals surface area contributed by atoms with E-state index in [2.05, 4.69) is 10.2 Å². The van der Waals surface area contributed by atoms with Gasteiger partial charge in [-0.2, -0.15) is 5.10 Å². The summed E-state index contributed by atoms with van der Waals surface area (Å²) in [6.07, 6.45) is 6.81. The SMILES string of the molecule is NC1=NN=C2CC=CC=C12. The molecule has 0 bridgehead atoms. The number of nitrogens with zero attached hydrogens (tertiary/aromatic N) is 2. The molecular formula is C7H7N3. The van der Waals surface area contributed by atoms with Crippen LogP contribution in [0.5, 0.6) is 0 Å². The Balaban J connectivity index is 2.46. The zero-order valence-electron chi connectivity index (χ0n) is 5.41. The van der Waals surface area contributed by atoms with Gasteiger partial charge in [-0.3, -0.25) is 0 Å². The molecule has 0 atom stereocenters. The Kier molecular flexibility index (Phi) is 0.974. The van der Waals surface area contributed by atoms with Crippen molar-refractivity contribution in [1.82, 2.24) is 0 Å². The monoisotopic (exact) mass is 133 g/mol. The highest BCUT2D eigenvalue weighted by molar-refractivity contribution is 6.26. The molecular weight excluding hydrogens is 126 g/mol. The van der Waals surface area contributed by atoms with Crippen molar-refractivity contribution in [3.05, 3.63) is 23.8 Å². The summed E-state index contributed by atoms with van der Waals surface area (Å²) in [5.41, 5.74) is 7.50. The highest BCUT2D eigenvalue weighted by Crippen LogP contribution is 2.14. The van der Waals surface area contributed by atoms with Crippen LogP contribution < -0.4 is 5.73 Å². The predicted molar refractivity (Wildman–Crippen MR) is 40.9 cm³/mol. The predicted octanol–water partition coefficient (Wildman–Crippen LogP) is 0.600. The standard InChI is InChI=1S/C7H7N3/c8-7-5-3-1-2-4-6(5)9-10-7/h1-3H,4H2,(H2,8,10). The Bertz CT molecular complexity index is 281. The van der Waals surface area contributed by atoms with Crippen molar-refractivity contribution in [2.45, 2.75) is 6.42 Å². The molecule has 0 radical (unpaired) electrons. The molecule has 50 valence electrons. The fourth-order valence-electron chi connectivity index (χ4n) is 1.05. The van der Waals surface area contributed by atoms with Gasteiger partial charge in [0.1, 0.15) is 0 Å². The normalized spacial score (nSPS) is 21.4. The molecule has 1 heterocycles. The van der Waals surface area contributed by atoms with Crippen LogP contribution in [0.2, 0.25) is 0 Å². The summed E-state index contributed by atoms with van der Waals surface area (Å²) >= 11 is 0. The van der Waals surface area contributed by atoms with Crippen LogP contribution in [-0.4, -0.2) is 11.5 Å². The second-order valence-corrected chi connectivity index (χ2v) is 2.24. The Morgan fingerprint density at radius 2 is 2.30 bits per heavy atom. The maximum Gasteiger partial charge on any atom is 0.155 e. The second kappa shape index (κ2) is 1.80. The van der Waals surface area contributed by atoms with Crippen molar-refractivity contribution in [2.75, 3.05) is 0 Å². The number of allylic oxidation sites excluding steroid dienone is 3. The van der Waals surface area contributed by atoms with Gasteiger partial charge in [0.25, 0.3) is 0 Å². The molecule has 0 aromatic heterocycles. The first kappa shape index (κ1) is 5.41. The third kappa shape index (κ3) is 0.603. The van der Waals surface area contributed by atoms with E-state index in [-0.39, 0.29) is 0 Å². The van der Waals surface area contributed by atoms with E-state index in [0.29, 0.717) is 5.84 Å². The van der Waals surface area contributed by atoms with Crippen LogP contribution in [0.1, 0.15) is 6.42 Å². The largest absolute Gasteiger partial charge is 0.382 e. The van der Waals surface area contributed by atoms with Gasteiger partial charge in [0.15, 0.2) is 5.84 Å². The van der Waals surface area contributed by atoms with Gasteiger partial charge >= 0.3 is 0 Å². The van der Waals surface area contributed by atoms with Crippen molar-refractivity contribution in [3.8, 4) is 0 Å². The Hall–Kier alpha value is -1.38. The number of amidine groups is 1. The fraction of sp³-hybridized carbons (Fsp3) is 0.143. The number of hydrogen-bond donors (Lipinski definition) is 1. The molecule has 2 N–H and O–H groups in total. The lowest BCUT2D eigenvalue weighted by Crippen LogP contribution is -2.17. The molecule has 1 aliphatic heterocycles. The first-order valence-electron chi connectivity index (χ1n) is 3.15. The number of hydrogen-bond acceptors (Lipinski definition) is 3. The first-order valence-corrected chi connectivity index (χ1v) is 3.15. The molecule has 0 unspecified atom stereocenters. The topological polar surface area (TPSA) is 50.7 Å². The second-order valence-electron chi connectivity index (χ2n) is 2.24. The lowest BCUT2D eigenvalue weighted by Gasteiger charge is -2.02. The van der Waals surface area contributed by atoms with E-state index >= 15 is 0 Å². The van der Waals surface area contributed by atoms with E-state index in [9.17, 15) is 0 Å². The van der Waals surface area contributed by atoms with E-state index in [1.807, 2.05) is 18.2 Å².